The van der Waals surface area contributed by atoms with Crippen LogP contribution in [-0.4, -0.2) is 24.5 Å². The lowest BCUT2D eigenvalue weighted by atomic mass is 10.00. The van der Waals surface area contributed by atoms with Gasteiger partial charge in [-0.1, -0.05) is 109 Å². The largest absolute Gasteiger partial charge is 0.456 e. The highest BCUT2D eigenvalue weighted by Crippen LogP contribution is 2.38. The summed E-state index contributed by atoms with van der Waals surface area (Å²) in [4.78, 5) is 20.2. The number of para-hydroxylation sites is 1. The molecule has 11 aromatic rings. The molecule has 4 aromatic heterocycles. The molecule has 0 saturated carbocycles. The van der Waals surface area contributed by atoms with Crippen LogP contribution in [-0.2, 0) is 0 Å². The number of fused-ring (bicyclic) bond motifs is 8. The summed E-state index contributed by atoms with van der Waals surface area (Å²) in [7, 11) is 0. The summed E-state index contributed by atoms with van der Waals surface area (Å²) in [6.45, 7) is 0. The second kappa shape index (κ2) is 11.2. The summed E-state index contributed by atoms with van der Waals surface area (Å²) in [6, 6.07) is 52.8. The standard InChI is InChI=1S/C46H27N5O/c1-2-9-28(10-3-1)31-17-18-33-24-34(20-19-32(33)23-31)44-48-45(36-14-8-16-42-43(36)38-27-47-22-21-41(38)52-42)50-46(49-44)51-39-15-7-6-13-35(39)37-25-29-11-4-5-12-30(29)26-40(37)51/h1-27H. The topological polar surface area (TPSA) is 69.6 Å². The molecule has 0 radical (unpaired) electrons. The Balaban J connectivity index is 1.18. The summed E-state index contributed by atoms with van der Waals surface area (Å²) >= 11 is 0. The summed E-state index contributed by atoms with van der Waals surface area (Å²) in [5.41, 5.74) is 7.72. The molecule has 0 spiro atoms. The van der Waals surface area contributed by atoms with Crippen molar-refractivity contribution in [3.8, 4) is 39.9 Å². The van der Waals surface area contributed by atoms with Crippen LogP contribution in [0.3, 0.4) is 0 Å². The lowest BCUT2D eigenvalue weighted by Gasteiger charge is -2.12. The molecule has 7 aromatic carbocycles. The maximum absolute atomic E-state index is 6.26. The fourth-order valence-corrected chi connectivity index (χ4v) is 7.64. The van der Waals surface area contributed by atoms with Crippen molar-refractivity contribution in [2.45, 2.75) is 0 Å². The molecule has 0 bridgehead atoms. The third kappa shape index (κ3) is 4.44. The van der Waals surface area contributed by atoms with E-state index in [1.165, 1.54) is 16.5 Å². The van der Waals surface area contributed by atoms with E-state index in [1.807, 2.05) is 30.5 Å². The first-order valence-corrected chi connectivity index (χ1v) is 17.3. The summed E-state index contributed by atoms with van der Waals surface area (Å²) in [6.07, 6.45) is 3.59. The number of hydrogen-bond acceptors (Lipinski definition) is 5. The van der Waals surface area contributed by atoms with Gasteiger partial charge in [0.05, 0.1) is 11.0 Å². The van der Waals surface area contributed by atoms with Crippen LogP contribution in [0.2, 0.25) is 0 Å². The van der Waals surface area contributed by atoms with Crippen LogP contribution in [0.4, 0.5) is 0 Å². The second-order valence-electron chi connectivity index (χ2n) is 13.1. The lowest BCUT2D eigenvalue weighted by molar-refractivity contribution is 0.668. The summed E-state index contributed by atoms with van der Waals surface area (Å²) in [5, 5.41) is 8.73. The zero-order valence-electron chi connectivity index (χ0n) is 27.7. The smallest absolute Gasteiger partial charge is 0.238 e. The van der Waals surface area contributed by atoms with Gasteiger partial charge in [-0.25, -0.2) is 4.98 Å². The number of hydrogen-bond donors (Lipinski definition) is 0. The van der Waals surface area contributed by atoms with Crippen molar-refractivity contribution < 1.29 is 4.42 Å². The number of pyridine rings is 1. The maximum atomic E-state index is 6.26. The van der Waals surface area contributed by atoms with Gasteiger partial charge in [-0.05, 0) is 75.1 Å². The number of benzene rings is 7. The van der Waals surface area contributed by atoms with Crippen LogP contribution in [0, 0.1) is 0 Å². The van der Waals surface area contributed by atoms with Crippen molar-refractivity contribution in [2.75, 3.05) is 0 Å². The van der Waals surface area contributed by atoms with E-state index in [2.05, 4.69) is 137 Å². The molecular weight excluding hydrogens is 639 g/mol. The van der Waals surface area contributed by atoms with E-state index in [-0.39, 0.29) is 0 Å². The van der Waals surface area contributed by atoms with Gasteiger partial charge in [0.1, 0.15) is 11.2 Å². The molecule has 0 aliphatic heterocycles. The minimum absolute atomic E-state index is 0.545. The quantitative estimate of drug-likeness (QED) is 0.187. The highest BCUT2D eigenvalue weighted by atomic mass is 16.3. The monoisotopic (exact) mass is 665 g/mol. The molecule has 0 N–H and O–H groups in total. The van der Waals surface area contributed by atoms with Gasteiger partial charge < -0.3 is 4.42 Å². The van der Waals surface area contributed by atoms with Gasteiger partial charge in [-0.3, -0.25) is 9.55 Å². The third-order valence-electron chi connectivity index (χ3n) is 10.1. The van der Waals surface area contributed by atoms with E-state index < -0.39 is 0 Å². The van der Waals surface area contributed by atoms with Gasteiger partial charge in [-0.2, -0.15) is 9.97 Å². The molecule has 4 heterocycles. The molecule has 0 amide bonds. The van der Waals surface area contributed by atoms with E-state index in [4.69, 9.17) is 19.4 Å². The highest BCUT2D eigenvalue weighted by molar-refractivity contribution is 6.14. The number of furan rings is 1. The Kier molecular flexibility index (Phi) is 6.15. The average Bonchev–Trinajstić information content (AvgIpc) is 3.75. The first-order chi connectivity index (χ1) is 25.7. The average molecular weight is 666 g/mol. The molecule has 242 valence electrons. The fourth-order valence-electron chi connectivity index (χ4n) is 7.64. The Bertz CT molecular complexity index is 3200. The van der Waals surface area contributed by atoms with Gasteiger partial charge in [-0.15, -0.1) is 0 Å². The molecule has 11 rings (SSSR count). The van der Waals surface area contributed by atoms with Gasteiger partial charge in [0.25, 0.3) is 0 Å². The molecule has 52 heavy (non-hydrogen) atoms. The zero-order chi connectivity index (χ0) is 34.2. The number of nitrogens with zero attached hydrogens (tertiary/aromatic N) is 5. The number of aromatic nitrogens is 5. The summed E-state index contributed by atoms with van der Waals surface area (Å²) < 4.78 is 8.44. The molecular formula is C46H27N5O. The van der Waals surface area contributed by atoms with E-state index >= 15 is 0 Å². The summed E-state index contributed by atoms with van der Waals surface area (Å²) in [5.74, 6) is 1.69. The molecule has 0 unspecified atom stereocenters. The third-order valence-corrected chi connectivity index (χ3v) is 10.1. The molecule has 0 fully saturated rings. The Morgan fingerprint density at radius 3 is 2.06 bits per heavy atom. The lowest BCUT2D eigenvalue weighted by Crippen LogP contribution is -2.06. The molecule has 0 aliphatic rings. The van der Waals surface area contributed by atoms with Gasteiger partial charge >= 0.3 is 0 Å². The molecule has 0 aliphatic carbocycles. The first-order valence-electron chi connectivity index (χ1n) is 17.3. The minimum atomic E-state index is 0.545. The molecule has 0 saturated heterocycles. The predicted molar refractivity (Wildman–Crippen MR) is 211 cm³/mol. The molecule has 6 nitrogen and oxygen atoms in total. The SMILES string of the molecule is c1ccc(-c2ccc3cc(-c4nc(-c5cccc6oc7ccncc7c56)nc(-n5c6ccccc6c6cc7ccccc7cc65)n4)ccc3c2)cc1. The van der Waals surface area contributed by atoms with Crippen molar-refractivity contribution >= 4 is 65.3 Å². The van der Waals surface area contributed by atoms with Gasteiger partial charge in [0.15, 0.2) is 11.6 Å². The van der Waals surface area contributed by atoms with Crippen LogP contribution >= 0.6 is 0 Å². The fraction of sp³-hybridized carbons (Fsp3) is 0. The second-order valence-corrected chi connectivity index (χ2v) is 13.1. The normalized spacial score (nSPS) is 11.8. The van der Waals surface area contributed by atoms with Crippen molar-refractivity contribution in [1.29, 1.82) is 0 Å². The minimum Gasteiger partial charge on any atom is -0.456 e. The Morgan fingerprint density at radius 1 is 0.442 bits per heavy atom. The van der Waals surface area contributed by atoms with Crippen molar-refractivity contribution in [3.63, 3.8) is 0 Å². The Morgan fingerprint density at radius 2 is 1.17 bits per heavy atom. The van der Waals surface area contributed by atoms with Crippen LogP contribution in [0.5, 0.6) is 0 Å². The van der Waals surface area contributed by atoms with Gasteiger partial charge in [0, 0.05) is 45.1 Å². The van der Waals surface area contributed by atoms with Crippen LogP contribution in [0.15, 0.2) is 168 Å². The highest BCUT2D eigenvalue weighted by Gasteiger charge is 2.21. The Labute approximate surface area is 297 Å². The molecule has 0 atom stereocenters. The van der Waals surface area contributed by atoms with E-state index in [0.29, 0.717) is 17.6 Å². The maximum Gasteiger partial charge on any atom is 0.238 e. The van der Waals surface area contributed by atoms with Crippen LogP contribution in [0.1, 0.15) is 0 Å². The van der Waals surface area contributed by atoms with Crippen molar-refractivity contribution in [1.82, 2.24) is 24.5 Å². The molecule has 6 heteroatoms. The van der Waals surface area contributed by atoms with E-state index in [9.17, 15) is 0 Å². The van der Waals surface area contributed by atoms with Crippen LogP contribution < -0.4 is 0 Å². The van der Waals surface area contributed by atoms with E-state index in [1.54, 1.807) is 6.20 Å². The first kappa shape index (κ1) is 28.6. The van der Waals surface area contributed by atoms with Gasteiger partial charge in [0.2, 0.25) is 5.95 Å². The van der Waals surface area contributed by atoms with Crippen molar-refractivity contribution in [3.05, 3.63) is 164 Å². The Hall–Kier alpha value is -7.18. The van der Waals surface area contributed by atoms with E-state index in [0.717, 1.165) is 71.0 Å². The van der Waals surface area contributed by atoms with Crippen LogP contribution in [0.25, 0.3) is 105 Å². The van der Waals surface area contributed by atoms with Crippen molar-refractivity contribution in [2.24, 2.45) is 0 Å². The number of rotatable bonds is 4. The zero-order valence-corrected chi connectivity index (χ0v) is 27.7. The predicted octanol–water partition coefficient (Wildman–Crippen LogP) is 11.6.